The van der Waals surface area contributed by atoms with Crippen molar-refractivity contribution in [2.75, 3.05) is 26.9 Å². The normalized spacial score (nSPS) is 23.4. The van der Waals surface area contributed by atoms with Crippen LogP contribution in [-0.4, -0.2) is 45.0 Å². The van der Waals surface area contributed by atoms with Gasteiger partial charge in [0.25, 0.3) is 0 Å². The number of esters is 1. The Hall–Kier alpha value is -0.650. The van der Waals surface area contributed by atoms with Crippen LogP contribution in [0.4, 0.5) is 0 Å². The number of methoxy groups -OCH3 is 1. The van der Waals surface area contributed by atoms with Gasteiger partial charge in [-0.15, -0.1) is 0 Å². The van der Waals surface area contributed by atoms with Crippen molar-refractivity contribution in [2.45, 2.75) is 25.0 Å². The summed E-state index contributed by atoms with van der Waals surface area (Å²) in [6.45, 7) is 1.88. The molecule has 1 aliphatic rings. The van der Waals surface area contributed by atoms with Crippen LogP contribution >= 0.6 is 0 Å². The highest BCUT2D eigenvalue weighted by molar-refractivity contribution is 5.75. The summed E-state index contributed by atoms with van der Waals surface area (Å²) in [5.41, 5.74) is 5.53. The molecule has 5 heteroatoms. The highest BCUT2D eigenvalue weighted by atomic mass is 16.5. The Morgan fingerprint density at radius 2 is 2.50 bits per heavy atom. The van der Waals surface area contributed by atoms with Crippen LogP contribution in [0.25, 0.3) is 0 Å². The van der Waals surface area contributed by atoms with Crippen molar-refractivity contribution in [1.29, 1.82) is 0 Å². The predicted molar refractivity (Wildman–Crippen MR) is 49.8 cm³/mol. The molecule has 0 amide bonds. The van der Waals surface area contributed by atoms with Crippen molar-refractivity contribution in [1.82, 2.24) is 0 Å². The Labute approximate surface area is 83.5 Å². The zero-order valence-corrected chi connectivity index (χ0v) is 8.40. The van der Waals surface area contributed by atoms with Crippen LogP contribution in [0.5, 0.6) is 0 Å². The average Bonchev–Trinajstić information content (AvgIpc) is 2.69. The number of rotatable bonds is 5. The lowest BCUT2D eigenvalue weighted by molar-refractivity contribution is -0.142. The third-order valence-corrected chi connectivity index (χ3v) is 2.17. The van der Waals surface area contributed by atoms with E-state index in [1.807, 2.05) is 0 Å². The molecule has 0 saturated carbocycles. The molecule has 1 heterocycles. The molecular formula is C9H17NO4. The maximum atomic E-state index is 10.9. The Morgan fingerprint density at radius 3 is 3.07 bits per heavy atom. The topological polar surface area (TPSA) is 70.8 Å². The second-order valence-corrected chi connectivity index (χ2v) is 3.27. The van der Waals surface area contributed by atoms with Crippen LogP contribution in [0, 0.1) is 0 Å². The minimum atomic E-state index is -0.581. The molecule has 82 valence electrons. The van der Waals surface area contributed by atoms with Gasteiger partial charge in [0.2, 0.25) is 0 Å². The fraction of sp³-hybridized carbons (Fsp3) is 0.889. The zero-order chi connectivity index (χ0) is 10.4. The lowest BCUT2D eigenvalue weighted by atomic mass is 10.2. The van der Waals surface area contributed by atoms with Gasteiger partial charge in [-0.25, -0.2) is 0 Å². The van der Waals surface area contributed by atoms with Crippen molar-refractivity contribution in [3.05, 3.63) is 0 Å². The minimum absolute atomic E-state index is 0.167. The first kappa shape index (κ1) is 11.4. The van der Waals surface area contributed by atoms with E-state index in [1.165, 1.54) is 7.11 Å². The molecule has 0 aliphatic carbocycles. The van der Waals surface area contributed by atoms with Gasteiger partial charge in [0.15, 0.2) is 0 Å². The van der Waals surface area contributed by atoms with Gasteiger partial charge in [-0.2, -0.15) is 0 Å². The maximum Gasteiger partial charge on any atom is 0.322 e. The molecule has 5 nitrogen and oxygen atoms in total. The van der Waals surface area contributed by atoms with Crippen LogP contribution in [0.1, 0.15) is 12.8 Å². The van der Waals surface area contributed by atoms with Crippen molar-refractivity contribution in [3.63, 3.8) is 0 Å². The Morgan fingerprint density at radius 1 is 1.71 bits per heavy atom. The first-order valence-electron chi connectivity index (χ1n) is 4.76. The smallest absolute Gasteiger partial charge is 0.322 e. The number of carbonyl (C=O) groups is 1. The van der Waals surface area contributed by atoms with Gasteiger partial charge in [-0.05, 0) is 12.8 Å². The summed E-state index contributed by atoms with van der Waals surface area (Å²) >= 11 is 0. The van der Waals surface area contributed by atoms with Crippen LogP contribution in [0.2, 0.25) is 0 Å². The summed E-state index contributed by atoms with van der Waals surface area (Å²) in [7, 11) is 1.33. The van der Waals surface area contributed by atoms with Crippen molar-refractivity contribution >= 4 is 5.97 Å². The summed E-state index contributed by atoms with van der Waals surface area (Å²) in [6.07, 6.45) is 1.58. The number of ether oxygens (including phenoxy) is 3. The molecule has 0 bridgehead atoms. The average molecular weight is 203 g/mol. The van der Waals surface area contributed by atoms with E-state index >= 15 is 0 Å². The SMILES string of the molecule is COC(=O)C(N)CCOC1CCOC1. The molecule has 2 atom stereocenters. The quantitative estimate of drug-likeness (QED) is 0.620. The van der Waals surface area contributed by atoms with Crippen LogP contribution in [-0.2, 0) is 19.0 Å². The van der Waals surface area contributed by atoms with E-state index in [-0.39, 0.29) is 6.10 Å². The Bertz CT molecular complexity index is 180. The monoisotopic (exact) mass is 203 g/mol. The Balaban J connectivity index is 2.05. The molecule has 14 heavy (non-hydrogen) atoms. The van der Waals surface area contributed by atoms with Crippen LogP contribution in [0.15, 0.2) is 0 Å². The molecule has 0 spiro atoms. The summed E-state index contributed by atoms with van der Waals surface area (Å²) < 4.78 is 15.1. The fourth-order valence-electron chi connectivity index (χ4n) is 1.28. The molecule has 2 unspecified atom stereocenters. The van der Waals surface area contributed by atoms with Crippen molar-refractivity contribution in [3.8, 4) is 0 Å². The van der Waals surface area contributed by atoms with Crippen molar-refractivity contribution in [2.24, 2.45) is 5.73 Å². The van der Waals surface area contributed by atoms with Gasteiger partial charge in [0.05, 0.1) is 19.8 Å². The summed E-state index contributed by atoms with van der Waals surface area (Å²) in [5, 5.41) is 0. The number of nitrogens with two attached hydrogens (primary N) is 1. The molecular weight excluding hydrogens is 186 g/mol. The van der Waals surface area contributed by atoms with Gasteiger partial charge in [-0.1, -0.05) is 0 Å². The van der Waals surface area contributed by atoms with Crippen LogP contribution in [0.3, 0.4) is 0 Å². The standard InChI is InChI=1S/C9H17NO4/c1-12-9(11)8(10)3-5-14-7-2-4-13-6-7/h7-8H,2-6,10H2,1H3. The number of hydrogen-bond acceptors (Lipinski definition) is 5. The summed E-state index contributed by atoms with van der Waals surface area (Å²) in [4.78, 5) is 10.9. The summed E-state index contributed by atoms with van der Waals surface area (Å²) in [5.74, 6) is -0.392. The largest absolute Gasteiger partial charge is 0.468 e. The number of carbonyl (C=O) groups excluding carboxylic acids is 1. The van der Waals surface area contributed by atoms with Gasteiger partial charge in [0, 0.05) is 13.2 Å². The van der Waals surface area contributed by atoms with Gasteiger partial charge in [-0.3, -0.25) is 4.79 Å². The van der Waals surface area contributed by atoms with E-state index in [0.29, 0.717) is 19.6 Å². The molecule has 0 aromatic carbocycles. The van der Waals surface area contributed by atoms with Gasteiger partial charge >= 0.3 is 5.97 Å². The van der Waals surface area contributed by atoms with E-state index in [4.69, 9.17) is 15.2 Å². The second kappa shape index (κ2) is 5.95. The lowest BCUT2D eigenvalue weighted by Gasteiger charge is -2.12. The fourth-order valence-corrected chi connectivity index (χ4v) is 1.28. The van der Waals surface area contributed by atoms with Crippen molar-refractivity contribution < 1.29 is 19.0 Å². The number of hydrogen-bond donors (Lipinski definition) is 1. The van der Waals surface area contributed by atoms with E-state index < -0.39 is 12.0 Å². The molecule has 2 N–H and O–H groups in total. The molecule has 0 radical (unpaired) electrons. The molecule has 1 aliphatic heterocycles. The first-order valence-corrected chi connectivity index (χ1v) is 4.76. The van der Waals surface area contributed by atoms with E-state index in [2.05, 4.69) is 4.74 Å². The molecule has 0 aromatic heterocycles. The van der Waals surface area contributed by atoms with Crippen LogP contribution < -0.4 is 5.73 Å². The molecule has 1 saturated heterocycles. The zero-order valence-electron chi connectivity index (χ0n) is 8.40. The predicted octanol–water partition coefficient (Wildman–Crippen LogP) is -0.318. The molecule has 1 rings (SSSR count). The van der Waals surface area contributed by atoms with E-state index in [0.717, 1.165) is 13.0 Å². The maximum absolute atomic E-state index is 10.9. The highest BCUT2D eigenvalue weighted by Gasteiger charge is 2.18. The third kappa shape index (κ3) is 3.61. The highest BCUT2D eigenvalue weighted by Crippen LogP contribution is 2.08. The van der Waals surface area contributed by atoms with E-state index in [1.54, 1.807) is 0 Å². The Kier molecular flexibility index (Phi) is 4.86. The second-order valence-electron chi connectivity index (χ2n) is 3.27. The minimum Gasteiger partial charge on any atom is -0.468 e. The first-order chi connectivity index (χ1) is 6.74. The van der Waals surface area contributed by atoms with Gasteiger partial charge < -0.3 is 19.9 Å². The molecule has 1 fully saturated rings. The van der Waals surface area contributed by atoms with Gasteiger partial charge in [0.1, 0.15) is 6.04 Å². The third-order valence-electron chi connectivity index (χ3n) is 2.17. The lowest BCUT2D eigenvalue weighted by Crippen LogP contribution is -2.33. The summed E-state index contributed by atoms with van der Waals surface area (Å²) in [6, 6.07) is -0.581. The molecule has 0 aromatic rings. The van der Waals surface area contributed by atoms with E-state index in [9.17, 15) is 4.79 Å².